The minimum absolute atomic E-state index is 0.323. The second kappa shape index (κ2) is 7.26. The summed E-state index contributed by atoms with van der Waals surface area (Å²) in [5, 5.41) is 7.35. The Kier molecular flexibility index (Phi) is 5.03. The molecule has 7 heteroatoms. The SMILES string of the molecule is CN(C)c1cccc(-c2cc3ncc(CNC(=O)OC(C)(C)C)cn3n2)c1. The highest BCUT2D eigenvalue weighted by Gasteiger charge is 2.16. The normalized spacial score (nSPS) is 11.4. The summed E-state index contributed by atoms with van der Waals surface area (Å²) in [7, 11) is 4.02. The van der Waals surface area contributed by atoms with Crippen LogP contribution in [0, 0.1) is 0 Å². The van der Waals surface area contributed by atoms with Crippen molar-refractivity contribution in [2.45, 2.75) is 32.9 Å². The Morgan fingerprint density at radius 1 is 1.26 bits per heavy atom. The molecule has 3 aromatic rings. The van der Waals surface area contributed by atoms with Crippen LogP contribution >= 0.6 is 0 Å². The van der Waals surface area contributed by atoms with E-state index in [0.29, 0.717) is 6.54 Å². The third-order valence-corrected chi connectivity index (χ3v) is 3.86. The van der Waals surface area contributed by atoms with Crippen LogP contribution in [0.1, 0.15) is 26.3 Å². The summed E-state index contributed by atoms with van der Waals surface area (Å²) in [6, 6.07) is 10.1. The standard InChI is InChI=1S/C20H25N5O2/c1-20(2,3)27-19(26)22-12-14-11-21-18-10-17(23-25(18)13-14)15-7-6-8-16(9-15)24(4)5/h6-11,13H,12H2,1-5H3,(H,22,26). The van der Waals surface area contributed by atoms with Gasteiger partial charge in [0, 0.05) is 55.9 Å². The van der Waals surface area contributed by atoms with Gasteiger partial charge in [0.15, 0.2) is 5.65 Å². The van der Waals surface area contributed by atoms with Crippen molar-refractivity contribution in [2.75, 3.05) is 19.0 Å². The Morgan fingerprint density at radius 2 is 2.04 bits per heavy atom. The predicted molar refractivity (Wildman–Crippen MR) is 106 cm³/mol. The van der Waals surface area contributed by atoms with E-state index in [1.165, 1.54) is 0 Å². The maximum Gasteiger partial charge on any atom is 0.407 e. The summed E-state index contributed by atoms with van der Waals surface area (Å²) in [5.41, 5.74) is 4.05. The van der Waals surface area contributed by atoms with Gasteiger partial charge in [0.25, 0.3) is 0 Å². The van der Waals surface area contributed by atoms with E-state index in [-0.39, 0.29) is 0 Å². The Labute approximate surface area is 159 Å². The fourth-order valence-corrected chi connectivity index (χ4v) is 2.58. The van der Waals surface area contributed by atoms with E-state index in [0.717, 1.165) is 28.2 Å². The summed E-state index contributed by atoms with van der Waals surface area (Å²) >= 11 is 0. The maximum absolute atomic E-state index is 11.8. The van der Waals surface area contributed by atoms with Gasteiger partial charge in [0.2, 0.25) is 0 Å². The number of fused-ring (bicyclic) bond motifs is 1. The molecule has 2 heterocycles. The van der Waals surface area contributed by atoms with Gasteiger partial charge in [0.05, 0.1) is 5.69 Å². The Hall–Kier alpha value is -3.09. The van der Waals surface area contributed by atoms with Gasteiger partial charge in [0.1, 0.15) is 5.60 Å². The molecule has 0 spiro atoms. The van der Waals surface area contributed by atoms with Gasteiger partial charge in [-0.3, -0.25) is 0 Å². The van der Waals surface area contributed by atoms with Crippen LogP contribution < -0.4 is 10.2 Å². The van der Waals surface area contributed by atoms with Crippen LogP contribution in [0.5, 0.6) is 0 Å². The topological polar surface area (TPSA) is 71.8 Å². The number of carbonyl (C=O) groups excluding carboxylic acids is 1. The number of amides is 1. The number of ether oxygens (including phenoxy) is 1. The predicted octanol–water partition coefficient (Wildman–Crippen LogP) is 3.49. The third-order valence-electron chi connectivity index (χ3n) is 3.86. The molecular formula is C20H25N5O2. The molecule has 0 unspecified atom stereocenters. The minimum atomic E-state index is -0.524. The molecule has 0 aliphatic carbocycles. The highest BCUT2D eigenvalue weighted by molar-refractivity contribution is 5.69. The minimum Gasteiger partial charge on any atom is -0.444 e. The van der Waals surface area contributed by atoms with Crippen LogP contribution in [0.2, 0.25) is 0 Å². The molecule has 0 atom stereocenters. The number of anilines is 1. The molecule has 0 saturated carbocycles. The zero-order chi connectivity index (χ0) is 19.6. The fraction of sp³-hybridized carbons (Fsp3) is 0.350. The van der Waals surface area contributed by atoms with E-state index >= 15 is 0 Å². The zero-order valence-corrected chi connectivity index (χ0v) is 16.4. The molecule has 142 valence electrons. The molecule has 0 saturated heterocycles. The number of hydrogen-bond acceptors (Lipinski definition) is 5. The average molecular weight is 367 g/mol. The van der Waals surface area contributed by atoms with Crippen molar-refractivity contribution in [3.63, 3.8) is 0 Å². The van der Waals surface area contributed by atoms with Gasteiger partial charge in [-0.1, -0.05) is 12.1 Å². The number of aromatic nitrogens is 3. The highest BCUT2D eigenvalue weighted by Crippen LogP contribution is 2.23. The van der Waals surface area contributed by atoms with E-state index in [2.05, 4.69) is 32.4 Å². The van der Waals surface area contributed by atoms with Gasteiger partial charge in [-0.05, 0) is 32.9 Å². The summed E-state index contributed by atoms with van der Waals surface area (Å²) in [4.78, 5) is 18.3. The summed E-state index contributed by atoms with van der Waals surface area (Å²) in [6.07, 6.45) is 3.14. The van der Waals surface area contributed by atoms with Crippen LogP contribution in [0.4, 0.5) is 10.5 Å². The van der Waals surface area contributed by atoms with Crippen LogP contribution in [0.3, 0.4) is 0 Å². The molecule has 27 heavy (non-hydrogen) atoms. The molecular weight excluding hydrogens is 342 g/mol. The first kappa shape index (κ1) is 18.7. The van der Waals surface area contributed by atoms with Crippen molar-refractivity contribution in [1.29, 1.82) is 0 Å². The smallest absolute Gasteiger partial charge is 0.407 e. The molecule has 3 rings (SSSR count). The van der Waals surface area contributed by atoms with Crippen molar-refractivity contribution in [2.24, 2.45) is 0 Å². The van der Waals surface area contributed by atoms with Crippen molar-refractivity contribution < 1.29 is 9.53 Å². The number of rotatable bonds is 4. The molecule has 1 aromatic carbocycles. The number of benzene rings is 1. The maximum atomic E-state index is 11.8. The Balaban J connectivity index is 1.77. The summed E-state index contributed by atoms with van der Waals surface area (Å²) < 4.78 is 6.97. The number of nitrogens with zero attached hydrogens (tertiary/aromatic N) is 4. The lowest BCUT2D eigenvalue weighted by atomic mass is 10.1. The molecule has 0 fully saturated rings. The van der Waals surface area contributed by atoms with Crippen molar-refractivity contribution >= 4 is 17.4 Å². The van der Waals surface area contributed by atoms with E-state index in [4.69, 9.17) is 4.74 Å². The highest BCUT2D eigenvalue weighted by atomic mass is 16.6. The van der Waals surface area contributed by atoms with Crippen LogP contribution in [0.15, 0.2) is 42.7 Å². The van der Waals surface area contributed by atoms with E-state index in [1.807, 2.05) is 59.3 Å². The second-order valence-corrected chi connectivity index (χ2v) is 7.59. The Morgan fingerprint density at radius 3 is 2.74 bits per heavy atom. The number of alkyl carbamates (subject to hydrolysis) is 1. The molecule has 0 aliphatic rings. The molecule has 0 aliphatic heterocycles. The summed E-state index contributed by atoms with van der Waals surface area (Å²) in [6.45, 7) is 5.81. The summed E-state index contributed by atoms with van der Waals surface area (Å²) in [5.74, 6) is 0. The van der Waals surface area contributed by atoms with Gasteiger partial charge in [-0.2, -0.15) is 5.10 Å². The van der Waals surface area contributed by atoms with Gasteiger partial charge < -0.3 is 15.0 Å². The van der Waals surface area contributed by atoms with Crippen LogP contribution in [-0.2, 0) is 11.3 Å². The van der Waals surface area contributed by atoms with Crippen molar-refractivity contribution in [1.82, 2.24) is 19.9 Å². The number of nitrogens with one attached hydrogen (secondary N) is 1. The lowest BCUT2D eigenvalue weighted by Gasteiger charge is -2.19. The average Bonchev–Trinajstić information content (AvgIpc) is 3.02. The van der Waals surface area contributed by atoms with E-state index < -0.39 is 11.7 Å². The van der Waals surface area contributed by atoms with Crippen molar-refractivity contribution in [3.8, 4) is 11.3 Å². The second-order valence-electron chi connectivity index (χ2n) is 7.59. The lowest BCUT2D eigenvalue weighted by Crippen LogP contribution is -2.32. The number of carbonyl (C=O) groups is 1. The first-order valence-electron chi connectivity index (χ1n) is 8.80. The first-order valence-corrected chi connectivity index (χ1v) is 8.80. The first-order chi connectivity index (χ1) is 12.7. The van der Waals surface area contributed by atoms with Gasteiger partial charge >= 0.3 is 6.09 Å². The van der Waals surface area contributed by atoms with Crippen LogP contribution in [0.25, 0.3) is 16.9 Å². The third kappa shape index (κ3) is 4.75. The molecule has 1 N–H and O–H groups in total. The van der Waals surface area contributed by atoms with E-state index in [9.17, 15) is 4.79 Å². The Bertz CT molecular complexity index is 956. The quantitative estimate of drug-likeness (QED) is 0.764. The largest absolute Gasteiger partial charge is 0.444 e. The molecule has 1 amide bonds. The zero-order valence-electron chi connectivity index (χ0n) is 16.4. The molecule has 0 bridgehead atoms. The van der Waals surface area contributed by atoms with Crippen molar-refractivity contribution in [3.05, 3.63) is 48.3 Å². The van der Waals surface area contributed by atoms with E-state index in [1.54, 1.807) is 10.7 Å². The number of hydrogen-bond donors (Lipinski definition) is 1. The molecule has 7 nitrogen and oxygen atoms in total. The molecule has 2 aromatic heterocycles. The van der Waals surface area contributed by atoms with Crippen LogP contribution in [-0.4, -0.2) is 40.4 Å². The lowest BCUT2D eigenvalue weighted by molar-refractivity contribution is 0.0523. The fourth-order valence-electron chi connectivity index (χ4n) is 2.58. The van der Waals surface area contributed by atoms with Gasteiger partial charge in [-0.25, -0.2) is 14.3 Å². The van der Waals surface area contributed by atoms with Gasteiger partial charge in [-0.15, -0.1) is 0 Å². The molecule has 0 radical (unpaired) electrons. The monoisotopic (exact) mass is 367 g/mol.